The summed E-state index contributed by atoms with van der Waals surface area (Å²) in [5.41, 5.74) is 2.58. The van der Waals surface area contributed by atoms with Gasteiger partial charge in [0.2, 0.25) is 5.91 Å². The number of nitrogens with one attached hydrogen (secondary N) is 2. The Hall–Kier alpha value is -1.43. The van der Waals surface area contributed by atoms with Gasteiger partial charge in [0, 0.05) is 24.9 Å². The second kappa shape index (κ2) is 5.27. The van der Waals surface area contributed by atoms with Crippen molar-refractivity contribution in [1.82, 2.24) is 15.6 Å². The van der Waals surface area contributed by atoms with Gasteiger partial charge in [-0.2, -0.15) is 5.10 Å². The Bertz CT molecular complexity index is 347. The van der Waals surface area contributed by atoms with E-state index in [4.69, 9.17) is 0 Å². The molecule has 0 aromatic rings. The summed E-state index contributed by atoms with van der Waals surface area (Å²) in [5.74, 6) is -0.352. The summed E-state index contributed by atoms with van der Waals surface area (Å²) in [4.78, 5) is 24.7. The summed E-state index contributed by atoms with van der Waals surface area (Å²) >= 11 is 0. The molecule has 0 fully saturated rings. The normalized spacial score (nSPS) is 16.5. The number of hydrogen-bond donors (Lipinski definition) is 2. The van der Waals surface area contributed by atoms with Crippen molar-refractivity contribution in [1.29, 1.82) is 0 Å². The molecule has 1 heterocycles. The van der Waals surface area contributed by atoms with Crippen LogP contribution in [0.25, 0.3) is 0 Å². The van der Waals surface area contributed by atoms with Gasteiger partial charge in [-0.15, -0.1) is 0 Å². The SMILES string of the molecule is CN(C)C(C)(C)CNC(=O)C1=NNC(=O)CC1. The molecule has 0 aromatic heterocycles. The molecule has 2 N–H and O–H groups in total. The monoisotopic (exact) mass is 240 g/mol. The Morgan fingerprint density at radius 3 is 2.59 bits per heavy atom. The van der Waals surface area contributed by atoms with Gasteiger partial charge in [0.05, 0.1) is 0 Å². The first-order valence-corrected chi connectivity index (χ1v) is 5.64. The first kappa shape index (κ1) is 13.6. The van der Waals surface area contributed by atoms with E-state index in [2.05, 4.69) is 15.8 Å². The summed E-state index contributed by atoms with van der Waals surface area (Å²) in [7, 11) is 3.93. The zero-order valence-electron chi connectivity index (χ0n) is 10.8. The fraction of sp³-hybridized carbons (Fsp3) is 0.727. The molecule has 1 aliphatic rings. The van der Waals surface area contributed by atoms with Crippen molar-refractivity contribution in [3.63, 3.8) is 0 Å². The summed E-state index contributed by atoms with van der Waals surface area (Å²) in [6.45, 7) is 4.61. The highest BCUT2D eigenvalue weighted by atomic mass is 16.2. The highest BCUT2D eigenvalue weighted by Crippen LogP contribution is 2.08. The maximum atomic E-state index is 11.8. The standard InChI is InChI=1S/C11H20N4O2/c1-11(2,15(3)4)7-12-10(17)8-5-6-9(16)14-13-8/h5-7H2,1-4H3,(H,12,17)(H,14,16). The lowest BCUT2D eigenvalue weighted by Crippen LogP contribution is -2.50. The Balaban J connectivity index is 2.48. The lowest BCUT2D eigenvalue weighted by Gasteiger charge is -2.32. The molecule has 0 aliphatic carbocycles. The summed E-state index contributed by atoms with van der Waals surface area (Å²) in [6, 6.07) is 0. The Kier molecular flexibility index (Phi) is 4.22. The fourth-order valence-corrected chi connectivity index (χ4v) is 1.19. The molecular weight excluding hydrogens is 220 g/mol. The van der Waals surface area contributed by atoms with Crippen LogP contribution in [0.3, 0.4) is 0 Å². The van der Waals surface area contributed by atoms with Crippen LogP contribution in [0.1, 0.15) is 26.7 Å². The van der Waals surface area contributed by atoms with Crippen molar-refractivity contribution in [2.75, 3.05) is 20.6 Å². The topological polar surface area (TPSA) is 73.8 Å². The van der Waals surface area contributed by atoms with Gasteiger partial charge in [-0.05, 0) is 27.9 Å². The average molecular weight is 240 g/mol. The molecule has 17 heavy (non-hydrogen) atoms. The smallest absolute Gasteiger partial charge is 0.267 e. The first-order chi connectivity index (χ1) is 7.83. The van der Waals surface area contributed by atoms with Gasteiger partial charge in [-0.3, -0.25) is 9.59 Å². The fourth-order valence-electron chi connectivity index (χ4n) is 1.19. The molecule has 6 heteroatoms. The Morgan fingerprint density at radius 2 is 2.12 bits per heavy atom. The molecule has 1 aliphatic heterocycles. The molecule has 0 atom stereocenters. The lowest BCUT2D eigenvalue weighted by molar-refractivity contribution is -0.121. The van der Waals surface area contributed by atoms with Crippen molar-refractivity contribution in [3.05, 3.63) is 0 Å². The van der Waals surface area contributed by atoms with E-state index in [9.17, 15) is 9.59 Å². The van der Waals surface area contributed by atoms with Crippen molar-refractivity contribution >= 4 is 17.5 Å². The zero-order valence-corrected chi connectivity index (χ0v) is 10.8. The minimum atomic E-state index is -0.208. The molecule has 0 unspecified atom stereocenters. The van der Waals surface area contributed by atoms with Crippen LogP contribution >= 0.6 is 0 Å². The quantitative estimate of drug-likeness (QED) is 0.709. The van der Waals surface area contributed by atoms with Crippen molar-refractivity contribution < 1.29 is 9.59 Å². The molecule has 6 nitrogen and oxygen atoms in total. The predicted octanol–water partition coefficient (Wildman–Crippen LogP) is -0.291. The van der Waals surface area contributed by atoms with Crippen molar-refractivity contribution in [2.45, 2.75) is 32.2 Å². The van der Waals surface area contributed by atoms with Gasteiger partial charge in [-0.1, -0.05) is 0 Å². The third-order valence-electron chi connectivity index (χ3n) is 3.06. The minimum Gasteiger partial charge on any atom is -0.349 e. The Labute approximate surface area is 101 Å². The van der Waals surface area contributed by atoms with Gasteiger partial charge < -0.3 is 10.2 Å². The van der Waals surface area contributed by atoms with Crippen LogP contribution in [0.2, 0.25) is 0 Å². The maximum Gasteiger partial charge on any atom is 0.267 e. The molecule has 0 bridgehead atoms. The highest BCUT2D eigenvalue weighted by molar-refractivity contribution is 6.39. The summed E-state index contributed by atoms with van der Waals surface area (Å²) in [5, 5.41) is 6.57. The van der Waals surface area contributed by atoms with E-state index >= 15 is 0 Å². The molecule has 2 amide bonds. The maximum absolute atomic E-state index is 11.8. The molecular formula is C11H20N4O2. The van der Waals surface area contributed by atoms with E-state index in [1.54, 1.807) is 0 Å². The third kappa shape index (κ3) is 3.81. The summed E-state index contributed by atoms with van der Waals surface area (Å²) in [6.07, 6.45) is 0.726. The van der Waals surface area contributed by atoms with Crippen LogP contribution < -0.4 is 10.7 Å². The molecule has 0 aromatic carbocycles. The number of rotatable bonds is 4. The minimum absolute atomic E-state index is 0.117. The predicted molar refractivity (Wildman–Crippen MR) is 65.6 cm³/mol. The number of carbonyl (C=O) groups excluding carboxylic acids is 2. The van der Waals surface area contributed by atoms with Gasteiger partial charge in [0.1, 0.15) is 5.71 Å². The third-order valence-corrected chi connectivity index (χ3v) is 3.06. The van der Waals surface area contributed by atoms with E-state index in [0.717, 1.165) is 0 Å². The molecule has 1 rings (SSSR count). The van der Waals surface area contributed by atoms with Crippen LogP contribution in [0.4, 0.5) is 0 Å². The van der Waals surface area contributed by atoms with Crippen LogP contribution in [-0.4, -0.2) is 48.6 Å². The van der Waals surface area contributed by atoms with Crippen molar-refractivity contribution in [2.24, 2.45) is 5.10 Å². The summed E-state index contributed by atoms with van der Waals surface area (Å²) < 4.78 is 0. The van der Waals surface area contributed by atoms with E-state index in [0.29, 0.717) is 25.1 Å². The molecule has 96 valence electrons. The van der Waals surface area contributed by atoms with Gasteiger partial charge in [-0.25, -0.2) is 5.43 Å². The van der Waals surface area contributed by atoms with E-state index in [-0.39, 0.29) is 17.4 Å². The molecule has 0 saturated carbocycles. The highest BCUT2D eigenvalue weighted by Gasteiger charge is 2.23. The van der Waals surface area contributed by atoms with E-state index < -0.39 is 0 Å². The second-order valence-electron chi connectivity index (χ2n) is 4.98. The molecule has 0 radical (unpaired) electrons. The van der Waals surface area contributed by atoms with Crippen LogP contribution in [-0.2, 0) is 9.59 Å². The van der Waals surface area contributed by atoms with Crippen molar-refractivity contribution in [3.8, 4) is 0 Å². The van der Waals surface area contributed by atoms with Gasteiger partial charge in [0.15, 0.2) is 0 Å². The van der Waals surface area contributed by atoms with Gasteiger partial charge >= 0.3 is 0 Å². The zero-order chi connectivity index (χ0) is 13.1. The second-order valence-corrected chi connectivity index (χ2v) is 4.98. The number of likely N-dealkylation sites (N-methyl/N-ethyl adjacent to an activating group) is 1. The number of amides is 2. The van der Waals surface area contributed by atoms with E-state index in [1.165, 1.54) is 0 Å². The van der Waals surface area contributed by atoms with Gasteiger partial charge in [0.25, 0.3) is 5.91 Å². The number of hydrazone groups is 1. The van der Waals surface area contributed by atoms with Crippen LogP contribution in [0, 0.1) is 0 Å². The average Bonchev–Trinajstić information content (AvgIpc) is 2.27. The van der Waals surface area contributed by atoms with E-state index in [1.807, 2.05) is 32.8 Å². The van der Waals surface area contributed by atoms with Crippen LogP contribution in [0.5, 0.6) is 0 Å². The molecule has 0 saturated heterocycles. The Morgan fingerprint density at radius 1 is 1.47 bits per heavy atom. The largest absolute Gasteiger partial charge is 0.349 e. The number of carbonyl (C=O) groups is 2. The lowest BCUT2D eigenvalue weighted by atomic mass is 10.0. The molecule has 0 spiro atoms. The number of hydrogen-bond acceptors (Lipinski definition) is 4. The number of nitrogens with zero attached hydrogens (tertiary/aromatic N) is 2. The van der Waals surface area contributed by atoms with Crippen LogP contribution in [0.15, 0.2) is 5.10 Å². The first-order valence-electron chi connectivity index (χ1n) is 5.64.